The molecule has 22 heavy (non-hydrogen) atoms. The third-order valence-corrected chi connectivity index (χ3v) is 4.46. The standard InChI is InChI=1S/C14H15N3O4S/c1-22(19,20)11-5-3-10(4-6-11)16-13(18)12-9-15-17-7-2-8-21-14(12)17/h3-6,9H,2,7-8H2,1H3,(H,16,18). The molecule has 1 aromatic heterocycles. The van der Waals surface area contributed by atoms with Gasteiger partial charge in [0.1, 0.15) is 5.56 Å². The zero-order chi connectivity index (χ0) is 15.7. The van der Waals surface area contributed by atoms with E-state index in [1.807, 2.05) is 0 Å². The molecule has 0 aliphatic carbocycles. The van der Waals surface area contributed by atoms with Gasteiger partial charge >= 0.3 is 0 Å². The lowest BCUT2D eigenvalue weighted by molar-refractivity contribution is 0.102. The van der Waals surface area contributed by atoms with Crippen molar-refractivity contribution in [3.63, 3.8) is 0 Å². The maximum Gasteiger partial charge on any atom is 0.262 e. The lowest BCUT2D eigenvalue weighted by Gasteiger charge is -2.15. The number of hydrogen-bond donors (Lipinski definition) is 1. The highest BCUT2D eigenvalue weighted by molar-refractivity contribution is 7.90. The Morgan fingerprint density at radius 2 is 2.05 bits per heavy atom. The van der Waals surface area contributed by atoms with E-state index >= 15 is 0 Å². The molecule has 0 spiro atoms. The molecule has 1 aliphatic heterocycles. The number of sulfone groups is 1. The summed E-state index contributed by atoms with van der Waals surface area (Å²) in [6.45, 7) is 1.29. The molecule has 116 valence electrons. The first kappa shape index (κ1) is 14.6. The van der Waals surface area contributed by atoms with Crippen LogP contribution in [0.4, 0.5) is 5.69 Å². The Balaban J connectivity index is 1.78. The number of rotatable bonds is 3. The van der Waals surface area contributed by atoms with Crippen molar-refractivity contribution in [2.24, 2.45) is 0 Å². The van der Waals surface area contributed by atoms with Crippen LogP contribution in [0.5, 0.6) is 5.88 Å². The lowest BCUT2D eigenvalue weighted by atomic mass is 10.2. The van der Waals surface area contributed by atoms with E-state index in [-0.39, 0.29) is 10.8 Å². The molecule has 0 atom stereocenters. The molecule has 0 bridgehead atoms. The normalized spacial score (nSPS) is 14.0. The first-order valence-corrected chi connectivity index (χ1v) is 8.64. The van der Waals surface area contributed by atoms with Crippen LogP contribution in [-0.4, -0.2) is 37.0 Å². The number of amides is 1. The summed E-state index contributed by atoms with van der Waals surface area (Å²) in [6, 6.07) is 6.00. The van der Waals surface area contributed by atoms with Crippen LogP contribution < -0.4 is 10.1 Å². The highest BCUT2D eigenvalue weighted by Gasteiger charge is 2.21. The fourth-order valence-electron chi connectivity index (χ4n) is 2.21. The largest absolute Gasteiger partial charge is 0.477 e. The molecule has 0 radical (unpaired) electrons. The van der Waals surface area contributed by atoms with Crippen molar-refractivity contribution in [2.75, 3.05) is 18.2 Å². The SMILES string of the molecule is CS(=O)(=O)c1ccc(NC(=O)c2cnn3c2OCCC3)cc1. The second-order valence-electron chi connectivity index (χ2n) is 5.04. The van der Waals surface area contributed by atoms with Crippen LogP contribution in [0.1, 0.15) is 16.8 Å². The van der Waals surface area contributed by atoms with E-state index in [0.29, 0.717) is 23.7 Å². The molecule has 1 aliphatic rings. The molecule has 0 unspecified atom stereocenters. The van der Waals surface area contributed by atoms with E-state index in [4.69, 9.17) is 4.74 Å². The number of carbonyl (C=O) groups is 1. The van der Waals surface area contributed by atoms with Gasteiger partial charge in [0.2, 0.25) is 5.88 Å². The molecular formula is C14H15N3O4S. The molecule has 3 rings (SSSR count). The number of anilines is 1. The molecule has 1 aromatic carbocycles. The van der Waals surface area contributed by atoms with Crippen LogP contribution in [0, 0.1) is 0 Å². The first-order chi connectivity index (χ1) is 10.4. The number of nitrogens with zero attached hydrogens (tertiary/aromatic N) is 2. The van der Waals surface area contributed by atoms with Gasteiger partial charge in [-0.1, -0.05) is 0 Å². The van der Waals surface area contributed by atoms with E-state index in [1.54, 1.807) is 16.8 Å². The van der Waals surface area contributed by atoms with Crippen molar-refractivity contribution in [3.8, 4) is 5.88 Å². The average molecular weight is 321 g/mol. The third-order valence-electron chi connectivity index (χ3n) is 3.33. The molecule has 0 fully saturated rings. The van der Waals surface area contributed by atoms with Gasteiger partial charge in [0, 0.05) is 24.9 Å². The Bertz CT molecular complexity index is 809. The molecule has 1 N–H and O–H groups in total. The van der Waals surface area contributed by atoms with E-state index < -0.39 is 9.84 Å². The van der Waals surface area contributed by atoms with Gasteiger partial charge in [0.25, 0.3) is 5.91 Å². The monoisotopic (exact) mass is 321 g/mol. The summed E-state index contributed by atoms with van der Waals surface area (Å²) in [6.07, 6.45) is 3.47. The minimum absolute atomic E-state index is 0.205. The summed E-state index contributed by atoms with van der Waals surface area (Å²) >= 11 is 0. The second kappa shape index (κ2) is 5.45. The fourth-order valence-corrected chi connectivity index (χ4v) is 2.84. The summed E-state index contributed by atoms with van der Waals surface area (Å²) in [5.41, 5.74) is 0.875. The van der Waals surface area contributed by atoms with Crippen molar-refractivity contribution < 1.29 is 17.9 Å². The topological polar surface area (TPSA) is 90.3 Å². The average Bonchev–Trinajstić information content (AvgIpc) is 2.91. The Morgan fingerprint density at radius 3 is 2.73 bits per heavy atom. The van der Waals surface area contributed by atoms with Crippen molar-refractivity contribution in [3.05, 3.63) is 36.0 Å². The van der Waals surface area contributed by atoms with Gasteiger partial charge in [0.15, 0.2) is 9.84 Å². The Labute approximate surface area is 127 Å². The maximum absolute atomic E-state index is 12.3. The predicted octanol–water partition coefficient (Wildman–Crippen LogP) is 1.32. The van der Waals surface area contributed by atoms with Crippen molar-refractivity contribution in [2.45, 2.75) is 17.9 Å². The quantitative estimate of drug-likeness (QED) is 0.921. The predicted molar refractivity (Wildman–Crippen MR) is 79.8 cm³/mol. The zero-order valence-corrected chi connectivity index (χ0v) is 12.8. The third kappa shape index (κ3) is 2.82. The Kier molecular flexibility index (Phi) is 3.61. The second-order valence-corrected chi connectivity index (χ2v) is 7.05. The van der Waals surface area contributed by atoms with Crippen LogP contribution in [0.25, 0.3) is 0 Å². The summed E-state index contributed by atoms with van der Waals surface area (Å²) < 4.78 is 29.9. The highest BCUT2D eigenvalue weighted by atomic mass is 32.2. The van der Waals surface area contributed by atoms with Gasteiger partial charge in [-0.05, 0) is 24.3 Å². The number of nitrogens with one attached hydrogen (secondary N) is 1. The number of hydrogen-bond acceptors (Lipinski definition) is 5. The molecule has 8 heteroatoms. The number of benzene rings is 1. The van der Waals surface area contributed by atoms with Gasteiger partial charge in [0.05, 0.1) is 17.7 Å². The molecular weight excluding hydrogens is 306 g/mol. The van der Waals surface area contributed by atoms with E-state index in [2.05, 4.69) is 10.4 Å². The molecule has 0 saturated heterocycles. The van der Waals surface area contributed by atoms with Crippen molar-refractivity contribution >= 4 is 21.4 Å². The molecule has 7 nitrogen and oxygen atoms in total. The van der Waals surface area contributed by atoms with Gasteiger partial charge in [-0.15, -0.1) is 0 Å². The molecule has 1 amide bonds. The van der Waals surface area contributed by atoms with Crippen molar-refractivity contribution in [1.82, 2.24) is 9.78 Å². The molecule has 0 saturated carbocycles. The van der Waals surface area contributed by atoms with Gasteiger partial charge in [-0.3, -0.25) is 4.79 Å². The first-order valence-electron chi connectivity index (χ1n) is 6.75. The van der Waals surface area contributed by atoms with Crippen LogP contribution in [0.3, 0.4) is 0 Å². The Morgan fingerprint density at radius 1 is 1.32 bits per heavy atom. The summed E-state index contributed by atoms with van der Waals surface area (Å²) in [7, 11) is -3.25. The van der Waals surface area contributed by atoms with Crippen LogP contribution in [-0.2, 0) is 16.4 Å². The summed E-state index contributed by atoms with van der Waals surface area (Å²) in [5.74, 6) is 0.131. The number of ether oxygens (including phenoxy) is 1. The summed E-state index contributed by atoms with van der Waals surface area (Å²) in [5, 5.41) is 6.82. The van der Waals surface area contributed by atoms with Crippen LogP contribution in [0.2, 0.25) is 0 Å². The minimum Gasteiger partial charge on any atom is -0.477 e. The van der Waals surface area contributed by atoms with Crippen LogP contribution >= 0.6 is 0 Å². The van der Waals surface area contributed by atoms with Crippen molar-refractivity contribution in [1.29, 1.82) is 0 Å². The number of fused-ring (bicyclic) bond motifs is 1. The lowest BCUT2D eigenvalue weighted by Crippen LogP contribution is -2.18. The maximum atomic E-state index is 12.3. The molecule has 2 heterocycles. The highest BCUT2D eigenvalue weighted by Crippen LogP contribution is 2.23. The molecule has 2 aromatic rings. The van der Waals surface area contributed by atoms with Gasteiger partial charge in [-0.25, -0.2) is 13.1 Å². The number of aromatic nitrogens is 2. The van der Waals surface area contributed by atoms with Gasteiger partial charge in [-0.2, -0.15) is 5.10 Å². The van der Waals surface area contributed by atoms with E-state index in [1.165, 1.54) is 18.3 Å². The zero-order valence-electron chi connectivity index (χ0n) is 11.9. The number of carbonyl (C=O) groups excluding carboxylic acids is 1. The summed E-state index contributed by atoms with van der Waals surface area (Å²) in [4.78, 5) is 12.5. The number of aryl methyl sites for hydroxylation is 1. The van der Waals surface area contributed by atoms with E-state index in [0.717, 1.165) is 19.2 Å². The van der Waals surface area contributed by atoms with Crippen LogP contribution in [0.15, 0.2) is 35.4 Å². The Hall–Kier alpha value is -2.35. The fraction of sp³-hybridized carbons (Fsp3) is 0.286. The smallest absolute Gasteiger partial charge is 0.262 e. The van der Waals surface area contributed by atoms with Gasteiger partial charge < -0.3 is 10.1 Å². The minimum atomic E-state index is -3.25. The van der Waals surface area contributed by atoms with E-state index in [9.17, 15) is 13.2 Å².